The van der Waals surface area contributed by atoms with E-state index in [-0.39, 0.29) is 6.03 Å². The molecular weight excluding hydrogens is 376 g/mol. The number of piperazine rings is 1. The fourth-order valence-electron chi connectivity index (χ4n) is 3.63. The molecule has 2 N–H and O–H groups in total. The Morgan fingerprint density at radius 1 is 1.03 bits per heavy atom. The molecule has 0 spiro atoms. The molecule has 2 amide bonds. The Labute approximate surface area is 180 Å². The Morgan fingerprint density at radius 3 is 2.40 bits per heavy atom. The molecule has 6 nitrogen and oxygen atoms in total. The number of carbonyl (C=O) groups is 1. The number of hydrogen-bond donors (Lipinski definition) is 2. The molecule has 1 aliphatic rings. The van der Waals surface area contributed by atoms with Crippen molar-refractivity contribution in [2.45, 2.75) is 25.8 Å². The molecule has 1 unspecified atom stereocenters. The maximum Gasteiger partial charge on any atom is 0.320 e. The van der Waals surface area contributed by atoms with Crippen LogP contribution < -0.4 is 15.4 Å². The van der Waals surface area contributed by atoms with E-state index in [1.807, 2.05) is 61.5 Å². The van der Waals surface area contributed by atoms with Gasteiger partial charge in [0.2, 0.25) is 0 Å². The van der Waals surface area contributed by atoms with Gasteiger partial charge >= 0.3 is 6.03 Å². The highest BCUT2D eigenvalue weighted by molar-refractivity contribution is 5.91. The van der Waals surface area contributed by atoms with Crippen LogP contribution in [0.4, 0.5) is 10.5 Å². The van der Waals surface area contributed by atoms with Crippen molar-refractivity contribution in [3.8, 4) is 5.75 Å². The third-order valence-corrected chi connectivity index (χ3v) is 5.90. The Kier molecular flexibility index (Phi) is 7.71. The SMILES string of the molecule is CCC(C)(NC(=O)Nc1ccccc1OCCN1CCN(C)CC1)c1ccccc1. The van der Waals surface area contributed by atoms with E-state index in [0.717, 1.165) is 44.7 Å². The van der Waals surface area contributed by atoms with E-state index in [2.05, 4.69) is 34.4 Å². The van der Waals surface area contributed by atoms with E-state index in [1.165, 1.54) is 0 Å². The van der Waals surface area contributed by atoms with Crippen LogP contribution in [0.15, 0.2) is 54.6 Å². The molecule has 3 rings (SSSR count). The first-order chi connectivity index (χ1) is 14.5. The van der Waals surface area contributed by atoms with Gasteiger partial charge in [-0.1, -0.05) is 49.4 Å². The summed E-state index contributed by atoms with van der Waals surface area (Å²) < 4.78 is 6.01. The number of likely N-dealkylation sites (N-methyl/N-ethyl adjacent to an activating group) is 1. The van der Waals surface area contributed by atoms with Crippen molar-refractivity contribution in [2.75, 3.05) is 51.7 Å². The van der Waals surface area contributed by atoms with Gasteiger partial charge in [-0.3, -0.25) is 4.90 Å². The molecule has 162 valence electrons. The lowest BCUT2D eigenvalue weighted by atomic mass is 9.89. The molecule has 1 fully saturated rings. The third kappa shape index (κ3) is 5.97. The lowest BCUT2D eigenvalue weighted by molar-refractivity contribution is 0.134. The Bertz CT molecular complexity index is 806. The minimum absolute atomic E-state index is 0.238. The van der Waals surface area contributed by atoms with Gasteiger partial charge in [-0.2, -0.15) is 0 Å². The van der Waals surface area contributed by atoms with Crippen LogP contribution in [0.2, 0.25) is 0 Å². The zero-order valence-corrected chi connectivity index (χ0v) is 18.4. The topological polar surface area (TPSA) is 56.8 Å². The number of benzene rings is 2. The summed E-state index contributed by atoms with van der Waals surface area (Å²) in [6.45, 7) is 9.92. The van der Waals surface area contributed by atoms with Crippen LogP contribution in [0.25, 0.3) is 0 Å². The molecular formula is C24H34N4O2. The molecule has 0 aliphatic carbocycles. The molecule has 1 saturated heterocycles. The van der Waals surface area contributed by atoms with Crippen LogP contribution in [-0.4, -0.2) is 62.2 Å². The summed E-state index contributed by atoms with van der Waals surface area (Å²) in [6.07, 6.45) is 0.785. The van der Waals surface area contributed by atoms with Crippen molar-refractivity contribution in [1.29, 1.82) is 0 Å². The van der Waals surface area contributed by atoms with Crippen LogP contribution in [0, 0.1) is 0 Å². The summed E-state index contributed by atoms with van der Waals surface area (Å²) in [6, 6.07) is 17.4. The van der Waals surface area contributed by atoms with Crippen molar-refractivity contribution in [3.05, 3.63) is 60.2 Å². The zero-order valence-electron chi connectivity index (χ0n) is 18.4. The van der Waals surface area contributed by atoms with Crippen molar-refractivity contribution in [1.82, 2.24) is 15.1 Å². The smallest absolute Gasteiger partial charge is 0.320 e. The Hall–Kier alpha value is -2.57. The number of anilines is 1. The molecule has 0 bridgehead atoms. The first kappa shape index (κ1) is 22.1. The second kappa shape index (κ2) is 10.5. The maximum atomic E-state index is 12.8. The summed E-state index contributed by atoms with van der Waals surface area (Å²) >= 11 is 0. The second-order valence-corrected chi connectivity index (χ2v) is 8.12. The largest absolute Gasteiger partial charge is 0.490 e. The quantitative estimate of drug-likeness (QED) is 0.696. The molecule has 2 aromatic carbocycles. The lowest BCUT2D eigenvalue weighted by Crippen LogP contribution is -2.45. The van der Waals surface area contributed by atoms with Gasteiger partial charge < -0.3 is 20.3 Å². The first-order valence-corrected chi connectivity index (χ1v) is 10.8. The maximum absolute atomic E-state index is 12.8. The lowest BCUT2D eigenvalue weighted by Gasteiger charge is -2.32. The normalized spacial score (nSPS) is 17.2. The summed E-state index contributed by atoms with van der Waals surface area (Å²) in [5.41, 5.74) is 1.32. The zero-order chi connectivity index (χ0) is 21.4. The summed E-state index contributed by atoms with van der Waals surface area (Å²) in [7, 11) is 2.15. The van der Waals surface area contributed by atoms with Gasteiger partial charge in [0.15, 0.2) is 0 Å². The standard InChI is InChI=1S/C24H34N4O2/c1-4-24(2,20-10-6-5-7-11-20)26-23(29)25-21-12-8-9-13-22(21)30-19-18-28-16-14-27(3)15-17-28/h5-13H,4,14-19H2,1-3H3,(H2,25,26,29). The molecule has 6 heteroatoms. The number of para-hydroxylation sites is 2. The number of urea groups is 1. The summed E-state index contributed by atoms with van der Waals surface area (Å²) in [5.74, 6) is 0.694. The van der Waals surface area contributed by atoms with Crippen LogP contribution >= 0.6 is 0 Å². The van der Waals surface area contributed by atoms with E-state index in [4.69, 9.17) is 4.74 Å². The van der Waals surface area contributed by atoms with Crippen LogP contribution in [0.3, 0.4) is 0 Å². The minimum atomic E-state index is -0.442. The van der Waals surface area contributed by atoms with Gasteiger partial charge in [0.05, 0.1) is 11.2 Å². The van der Waals surface area contributed by atoms with Crippen molar-refractivity contribution in [2.24, 2.45) is 0 Å². The van der Waals surface area contributed by atoms with Gasteiger partial charge in [-0.25, -0.2) is 4.79 Å². The summed E-state index contributed by atoms with van der Waals surface area (Å²) in [5, 5.41) is 6.10. The van der Waals surface area contributed by atoms with Crippen LogP contribution in [0.1, 0.15) is 25.8 Å². The highest BCUT2D eigenvalue weighted by Gasteiger charge is 2.26. The van der Waals surface area contributed by atoms with Crippen molar-refractivity contribution < 1.29 is 9.53 Å². The van der Waals surface area contributed by atoms with Crippen molar-refractivity contribution in [3.63, 3.8) is 0 Å². The predicted molar refractivity (Wildman–Crippen MR) is 122 cm³/mol. The predicted octanol–water partition coefficient (Wildman–Crippen LogP) is 3.76. The molecule has 0 radical (unpaired) electrons. The highest BCUT2D eigenvalue weighted by atomic mass is 16.5. The second-order valence-electron chi connectivity index (χ2n) is 8.12. The Morgan fingerprint density at radius 2 is 1.70 bits per heavy atom. The van der Waals surface area contributed by atoms with E-state index in [1.54, 1.807) is 0 Å². The minimum Gasteiger partial charge on any atom is -0.490 e. The van der Waals surface area contributed by atoms with Gasteiger partial charge in [-0.05, 0) is 38.1 Å². The molecule has 1 atom stereocenters. The van der Waals surface area contributed by atoms with Gasteiger partial charge in [0.25, 0.3) is 0 Å². The number of nitrogens with one attached hydrogen (secondary N) is 2. The fourth-order valence-corrected chi connectivity index (χ4v) is 3.63. The average Bonchev–Trinajstić information content (AvgIpc) is 2.77. The van der Waals surface area contributed by atoms with Crippen LogP contribution in [0.5, 0.6) is 5.75 Å². The monoisotopic (exact) mass is 410 g/mol. The highest BCUT2D eigenvalue weighted by Crippen LogP contribution is 2.26. The first-order valence-electron chi connectivity index (χ1n) is 10.8. The van der Waals surface area contributed by atoms with E-state index in [9.17, 15) is 4.79 Å². The van der Waals surface area contributed by atoms with E-state index in [0.29, 0.717) is 18.0 Å². The van der Waals surface area contributed by atoms with Gasteiger partial charge in [-0.15, -0.1) is 0 Å². The number of nitrogens with zero attached hydrogens (tertiary/aromatic N) is 2. The molecule has 1 heterocycles. The van der Waals surface area contributed by atoms with Crippen molar-refractivity contribution >= 4 is 11.7 Å². The van der Waals surface area contributed by atoms with Gasteiger partial charge in [0.1, 0.15) is 12.4 Å². The van der Waals surface area contributed by atoms with E-state index >= 15 is 0 Å². The number of carbonyl (C=O) groups excluding carboxylic acids is 1. The van der Waals surface area contributed by atoms with Crippen LogP contribution in [-0.2, 0) is 5.54 Å². The average molecular weight is 411 g/mol. The number of ether oxygens (including phenoxy) is 1. The number of amides is 2. The fraction of sp³-hybridized carbons (Fsp3) is 0.458. The number of hydrogen-bond acceptors (Lipinski definition) is 4. The van der Waals surface area contributed by atoms with E-state index < -0.39 is 5.54 Å². The molecule has 0 aromatic heterocycles. The molecule has 30 heavy (non-hydrogen) atoms. The van der Waals surface area contributed by atoms with Gasteiger partial charge in [0, 0.05) is 32.7 Å². The molecule has 2 aromatic rings. The third-order valence-electron chi connectivity index (χ3n) is 5.90. The Balaban J connectivity index is 1.56. The molecule has 0 saturated carbocycles. The number of rotatable bonds is 8. The summed E-state index contributed by atoms with van der Waals surface area (Å²) in [4.78, 5) is 17.5. The molecule has 1 aliphatic heterocycles.